The van der Waals surface area contributed by atoms with E-state index in [0.29, 0.717) is 6.07 Å². The fourth-order valence-electron chi connectivity index (χ4n) is 1.66. The van der Waals surface area contributed by atoms with Crippen LogP contribution < -0.4 is 0 Å². The second-order valence-corrected chi connectivity index (χ2v) is 3.41. The molecular weight excluding hydrogens is 234 g/mol. The van der Waals surface area contributed by atoms with Crippen LogP contribution >= 0.6 is 0 Å². The molecule has 0 radical (unpaired) electrons. The highest BCUT2D eigenvalue weighted by Crippen LogP contribution is 2.29. The molecule has 0 saturated carbocycles. The summed E-state index contributed by atoms with van der Waals surface area (Å²) in [4.78, 5) is 10.9. The summed E-state index contributed by atoms with van der Waals surface area (Å²) in [6.07, 6.45) is 0. The Kier molecular flexibility index (Phi) is 2.81. The topological polar surface area (TPSA) is 59.7 Å². The Labute approximate surface area is 94.4 Å². The molecule has 0 aliphatic rings. The third kappa shape index (κ3) is 1.87. The van der Waals surface area contributed by atoms with Gasteiger partial charge in [-0.3, -0.25) is 0 Å². The summed E-state index contributed by atoms with van der Waals surface area (Å²) in [5.74, 6) is -3.49. The molecule has 1 N–H and O–H groups in total. The van der Waals surface area contributed by atoms with Gasteiger partial charge in [-0.05, 0) is 0 Å². The van der Waals surface area contributed by atoms with Gasteiger partial charge in [0.05, 0.1) is 12.0 Å². The molecule has 0 unspecified atom stereocenters. The minimum absolute atomic E-state index is 0.0625. The molecule has 1 heterocycles. The third-order valence-electron chi connectivity index (χ3n) is 2.29. The number of furan rings is 1. The average molecular weight is 242 g/mol. The van der Waals surface area contributed by atoms with Crippen LogP contribution in [0.15, 0.2) is 16.5 Å². The Morgan fingerprint density at radius 1 is 1.47 bits per heavy atom. The summed E-state index contributed by atoms with van der Waals surface area (Å²) in [6, 6.07) is 1.60. The number of benzene rings is 1. The second kappa shape index (κ2) is 4.14. The number of hydrogen-bond acceptors (Lipinski definition) is 3. The van der Waals surface area contributed by atoms with E-state index in [4.69, 9.17) is 14.3 Å². The molecule has 2 aromatic rings. The van der Waals surface area contributed by atoms with E-state index in [1.54, 1.807) is 0 Å². The lowest BCUT2D eigenvalue weighted by molar-refractivity contribution is 0.0658. The first-order valence-corrected chi connectivity index (χ1v) is 4.67. The molecule has 0 atom stereocenters. The van der Waals surface area contributed by atoms with Crippen LogP contribution in [0.25, 0.3) is 11.0 Å². The van der Waals surface area contributed by atoms with Crippen molar-refractivity contribution in [2.75, 3.05) is 7.11 Å². The van der Waals surface area contributed by atoms with E-state index in [-0.39, 0.29) is 23.1 Å². The maximum atomic E-state index is 13.6. The maximum Gasteiger partial charge on any atom is 0.372 e. The molecule has 1 aromatic carbocycles. The Morgan fingerprint density at radius 3 is 2.76 bits per heavy atom. The molecule has 0 spiro atoms. The minimum Gasteiger partial charge on any atom is -0.475 e. The van der Waals surface area contributed by atoms with Crippen LogP contribution in [0.1, 0.15) is 16.1 Å². The minimum atomic E-state index is -1.35. The number of carbonyl (C=O) groups is 1. The molecule has 6 heteroatoms. The normalized spacial score (nSPS) is 11.0. The van der Waals surface area contributed by atoms with Crippen LogP contribution in [0, 0.1) is 11.6 Å². The van der Waals surface area contributed by atoms with Crippen LogP contribution in [-0.2, 0) is 11.3 Å². The molecule has 0 aliphatic heterocycles. The van der Waals surface area contributed by atoms with Crippen LogP contribution in [0.5, 0.6) is 0 Å². The van der Waals surface area contributed by atoms with E-state index in [9.17, 15) is 13.6 Å². The molecule has 0 fully saturated rings. The highest BCUT2D eigenvalue weighted by molar-refractivity contribution is 5.95. The number of halogens is 2. The van der Waals surface area contributed by atoms with Gasteiger partial charge < -0.3 is 14.3 Å². The number of carboxylic acids is 1. The van der Waals surface area contributed by atoms with Crippen LogP contribution in [0.2, 0.25) is 0 Å². The molecule has 2 rings (SSSR count). The molecular formula is C11H8F2O4. The number of hydrogen-bond donors (Lipinski definition) is 1. The predicted octanol–water partition coefficient (Wildman–Crippen LogP) is 2.56. The van der Waals surface area contributed by atoms with Gasteiger partial charge in [-0.25, -0.2) is 13.6 Å². The monoisotopic (exact) mass is 242 g/mol. The number of fused-ring (bicyclic) bond motifs is 1. The van der Waals surface area contributed by atoms with Crippen molar-refractivity contribution in [2.45, 2.75) is 6.61 Å². The predicted molar refractivity (Wildman–Crippen MR) is 53.8 cm³/mol. The van der Waals surface area contributed by atoms with Crippen LogP contribution in [0.4, 0.5) is 8.78 Å². The second-order valence-electron chi connectivity index (χ2n) is 3.41. The first-order chi connectivity index (χ1) is 8.04. The fourth-order valence-corrected chi connectivity index (χ4v) is 1.66. The summed E-state index contributed by atoms with van der Waals surface area (Å²) in [7, 11) is 1.34. The van der Waals surface area contributed by atoms with Gasteiger partial charge in [-0.1, -0.05) is 0 Å². The molecule has 1 aromatic heterocycles. The standard InChI is InChI=1S/C11H8F2O4/c1-16-4-6-9-7(13)2-5(12)3-8(9)17-10(6)11(14)15/h2-3H,4H2,1H3,(H,14,15). The molecule has 0 aliphatic carbocycles. The highest BCUT2D eigenvalue weighted by Gasteiger charge is 2.22. The number of ether oxygens (including phenoxy) is 1. The van der Waals surface area contributed by atoms with E-state index in [1.807, 2.05) is 0 Å². The van der Waals surface area contributed by atoms with Gasteiger partial charge in [-0.15, -0.1) is 0 Å². The van der Waals surface area contributed by atoms with Crippen molar-refractivity contribution < 1.29 is 27.8 Å². The summed E-state index contributed by atoms with van der Waals surface area (Å²) in [6.45, 7) is -0.128. The van der Waals surface area contributed by atoms with Crippen LogP contribution in [-0.4, -0.2) is 18.2 Å². The Hall–Kier alpha value is -1.95. The zero-order valence-electron chi connectivity index (χ0n) is 8.79. The molecule has 0 bridgehead atoms. The number of aromatic carboxylic acids is 1. The summed E-state index contributed by atoms with van der Waals surface area (Å²) in [5.41, 5.74) is -0.0838. The largest absolute Gasteiger partial charge is 0.475 e. The van der Waals surface area contributed by atoms with Crippen LogP contribution in [0.3, 0.4) is 0 Å². The van der Waals surface area contributed by atoms with Crippen molar-refractivity contribution in [2.24, 2.45) is 0 Å². The van der Waals surface area contributed by atoms with Crippen molar-refractivity contribution in [1.82, 2.24) is 0 Å². The van der Waals surface area contributed by atoms with Gasteiger partial charge in [0.2, 0.25) is 5.76 Å². The number of rotatable bonds is 3. The lowest BCUT2D eigenvalue weighted by atomic mass is 10.1. The third-order valence-corrected chi connectivity index (χ3v) is 2.29. The number of methoxy groups -OCH3 is 1. The Morgan fingerprint density at radius 2 is 2.18 bits per heavy atom. The lowest BCUT2D eigenvalue weighted by Gasteiger charge is -1.98. The molecule has 0 amide bonds. The molecule has 4 nitrogen and oxygen atoms in total. The molecule has 90 valence electrons. The molecule has 0 saturated heterocycles. The highest BCUT2D eigenvalue weighted by atomic mass is 19.1. The lowest BCUT2D eigenvalue weighted by Crippen LogP contribution is -2.00. The zero-order valence-corrected chi connectivity index (χ0v) is 8.79. The van der Waals surface area contributed by atoms with E-state index < -0.39 is 23.4 Å². The van der Waals surface area contributed by atoms with E-state index in [2.05, 4.69) is 0 Å². The maximum absolute atomic E-state index is 13.6. The average Bonchev–Trinajstić information content (AvgIpc) is 2.57. The van der Waals surface area contributed by atoms with Gasteiger partial charge in [0.1, 0.15) is 17.2 Å². The van der Waals surface area contributed by atoms with Crippen molar-refractivity contribution in [3.05, 3.63) is 35.1 Å². The number of carboxylic acid groups (broad SMARTS) is 1. The van der Waals surface area contributed by atoms with E-state index >= 15 is 0 Å². The quantitative estimate of drug-likeness (QED) is 0.898. The Balaban J connectivity index is 2.80. The van der Waals surface area contributed by atoms with Gasteiger partial charge in [0.25, 0.3) is 0 Å². The summed E-state index contributed by atoms with van der Waals surface area (Å²) in [5, 5.41) is 8.82. The zero-order chi connectivity index (χ0) is 12.6. The first kappa shape index (κ1) is 11.5. The first-order valence-electron chi connectivity index (χ1n) is 4.67. The van der Waals surface area contributed by atoms with Crippen molar-refractivity contribution in [3.8, 4) is 0 Å². The molecule has 17 heavy (non-hydrogen) atoms. The van der Waals surface area contributed by atoms with Crippen molar-refractivity contribution in [3.63, 3.8) is 0 Å². The van der Waals surface area contributed by atoms with Crippen molar-refractivity contribution in [1.29, 1.82) is 0 Å². The fraction of sp³-hybridized carbons (Fsp3) is 0.182. The smallest absolute Gasteiger partial charge is 0.372 e. The van der Waals surface area contributed by atoms with E-state index in [0.717, 1.165) is 6.07 Å². The summed E-state index contributed by atoms with van der Waals surface area (Å²) < 4.78 is 36.2. The van der Waals surface area contributed by atoms with Gasteiger partial charge in [0, 0.05) is 24.8 Å². The van der Waals surface area contributed by atoms with Gasteiger partial charge >= 0.3 is 5.97 Å². The Bertz CT molecular complexity index is 589. The van der Waals surface area contributed by atoms with Crippen molar-refractivity contribution >= 4 is 16.9 Å². The van der Waals surface area contributed by atoms with Gasteiger partial charge in [0.15, 0.2) is 0 Å². The van der Waals surface area contributed by atoms with Gasteiger partial charge in [-0.2, -0.15) is 0 Å². The summed E-state index contributed by atoms with van der Waals surface area (Å²) >= 11 is 0. The van der Waals surface area contributed by atoms with E-state index in [1.165, 1.54) is 7.11 Å². The SMILES string of the molecule is COCc1c(C(=O)O)oc2cc(F)cc(F)c12.